The van der Waals surface area contributed by atoms with Crippen LogP contribution in [0.1, 0.15) is 5.69 Å². The molecule has 0 amide bonds. The van der Waals surface area contributed by atoms with Gasteiger partial charge in [-0.05, 0) is 13.0 Å². The Labute approximate surface area is 80.2 Å². The van der Waals surface area contributed by atoms with Crippen molar-refractivity contribution in [1.29, 1.82) is 0 Å². The maximum absolute atomic E-state index is 11.7. The Morgan fingerprint density at radius 2 is 2.29 bits per heavy atom. The number of hydrogen-bond acceptors (Lipinski definition) is 3. The zero-order valence-electron chi connectivity index (χ0n) is 7.84. The van der Waals surface area contributed by atoms with E-state index in [9.17, 15) is 4.79 Å². The van der Waals surface area contributed by atoms with Gasteiger partial charge < -0.3 is 9.67 Å². The first-order valence-corrected chi connectivity index (χ1v) is 4.38. The fourth-order valence-corrected chi connectivity index (χ4v) is 1.43. The smallest absolute Gasteiger partial charge is 0.276 e. The van der Waals surface area contributed by atoms with Crippen LogP contribution in [0.4, 0.5) is 0 Å². The average Bonchev–Trinajstić information content (AvgIpc) is 2.52. The van der Waals surface area contributed by atoms with Crippen molar-refractivity contribution in [1.82, 2.24) is 14.2 Å². The first-order chi connectivity index (χ1) is 6.72. The van der Waals surface area contributed by atoms with Crippen LogP contribution in [0.3, 0.4) is 0 Å². The Morgan fingerprint density at radius 1 is 1.50 bits per heavy atom. The minimum Gasteiger partial charge on any atom is -0.395 e. The molecule has 2 heterocycles. The maximum atomic E-state index is 11.7. The Bertz CT molecular complexity index is 512. The van der Waals surface area contributed by atoms with Crippen LogP contribution >= 0.6 is 0 Å². The molecule has 0 aliphatic heterocycles. The molecule has 2 aromatic rings. The number of aryl methyl sites for hydroxylation is 1. The van der Waals surface area contributed by atoms with Crippen molar-refractivity contribution < 1.29 is 5.11 Å². The molecule has 0 spiro atoms. The Kier molecular flexibility index (Phi) is 2.09. The highest BCUT2D eigenvalue weighted by molar-refractivity contribution is 5.44. The quantitative estimate of drug-likeness (QED) is 0.718. The number of aliphatic hydroxyl groups excluding tert-OH is 1. The summed E-state index contributed by atoms with van der Waals surface area (Å²) in [6, 6.07) is 1.73. The van der Waals surface area contributed by atoms with Crippen molar-refractivity contribution in [3.63, 3.8) is 0 Å². The van der Waals surface area contributed by atoms with Crippen LogP contribution in [0.5, 0.6) is 0 Å². The first kappa shape index (κ1) is 8.96. The predicted molar refractivity (Wildman–Crippen MR) is 51.3 cm³/mol. The van der Waals surface area contributed by atoms with Crippen LogP contribution in [-0.2, 0) is 6.54 Å². The second-order valence-electron chi connectivity index (χ2n) is 3.14. The Hall–Kier alpha value is -1.62. The molecule has 0 saturated carbocycles. The monoisotopic (exact) mass is 193 g/mol. The van der Waals surface area contributed by atoms with E-state index in [1.165, 1.54) is 4.57 Å². The molecule has 0 aromatic carbocycles. The summed E-state index contributed by atoms with van der Waals surface area (Å²) >= 11 is 0. The van der Waals surface area contributed by atoms with E-state index in [-0.39, 0.29) is 12.2 Å². The molecule has 0 radical (unpaired) electrons. The van der Waals surface area contributed by atoms with E-state index in [0.29, 0.717) is 12.1 Å². The van der Waals surface area contributed by atoms with Crippen LogP contribution < -0.4 is 5.56 Å². The predicted octanol–water partition coefficient (Wildman–Crippen LogP) is -0.203. The number of rotatable bonds is 2. The van der Waals surface area contributed by atoms with Gasteiger partial charge >= 0.3 is 0 Å². The molecular formula is C9H11N3O2. The molecule has 74 valence electrons. The van der Waals surface area contributed by atoms with Crippen molar-refractivity contribution in [2.75, 3.05) is 6.61 Å². The molecule has 0 atom stereocenters. The third-order valence-corrected chi connectivity index (χ3v) is 2.07. The van der Waals surface area contributed by atoms with E-state index in [4.69, 9.17) is 5.11 Å². The van der Waals surface area contributed by atoms with E-state index in [2.05, 4.69) is 5.10 Å². The molecule has 5 nitrogen and oxygen atoms in total. The normalized spacial score (nSPS) is 11.0. The lowest BCUT2D eigenvalue weighted by Gasteiger charge is -2.02. The van der Waals surface area contributed by atoms with Crippen molar-refractivity contribution in [2.24, 2.45) is 0 Å². The number of aromatic nitrogens is 3. The van der Waals surface area contributed by atoms with Gasteiger partial charge in [0.2, 0.25) is 0 Å². The number of nitrogens with zero attached hydrogens (tertiary/aromatic N) is 3. The van der Waals surface area contributed by atoms with Gasteiger partial charge in [0.05, 0.1) is 12.3 Å². The molecule has 0 unspecified atom stereocenters. The van der Waals surface area contributed by atoms with Crippen LogP contribution in [0.25, 0.3) is 5.52 Å². The summed E-state index contributed by atoms with van der Waals surface area (Å²) in [5.41, 5.74) is 1.23. The molecule has 2 aromatic heterocycles. The summed E-state index contributed by atoms with van der Waals surface area (Å²) in [6.45, 7) is 2.12. The van der Waals surface area contributed by atoms with Gasteiger partial charge in [-0.25, -0.2) is 4.52 Å². The van der Waals surface area contributed by atoms with Crippen LogP contribution in [0.15, 0.2) is 23.3 Å². The standard InChI is InChI=1S/C9H11N3O2/c1-7-6-8-9(14)11(4-5-13)2-3-12(8)10-7/h2-3,6,13H,4-5H2,1H3. The third kappa shape index (κ3) is 1.31. The second kappa shape index (κ2) is 3.26. The molecule has 0 saturated heterocycles. The highest BCUT2D eigenvalue weighted by Crippen LogP contribution is 1.99. The van der Waals surface area contributed by atoms with E-state index in [1.54, 1.807) is 23.0 Å². The van der Waals surface area contributed by atoms with Gasteiger partial charge in [0, 0.05) is 18.9 Å². The minimum atomic E-state index is -0.123. The van der Waals surface area contributed by atoms with Crippen molar-refractivity contribution in [3.05, 3.63) is 34.5 Å². The summed E-state index contributed by atoms with van der Waals surface area (Å²) in [6.07, 6.45) is 3.33. The molecule has 0 bridgehead atoms. The van der Waals surface area contributed by atoms with Crippen molar-refractivity contribution >= 4 is 5.52 Å². The zero-order valence-corrected chi connectivity index (χ0v) is 7.84. The van der Waals surface area contributed by atoms with E-state index in [0.717, 1.165) is 5.69 Å². The Morgan fingerprint density at radius 3 is 3.00 bits per heavy atom. The molecule has 1 N–H and O–H groups in total. The van der Waals surface area contributed by atoms with Gasteiger partial charge in [-0.3, -0.25) is 4.79 Å². The minimum absolute atomic E-state index is 0.0385. The summed E-state index contributed by atoms with van der Waals surface area (Å²) in [5.74, 6) is 0. The van der Waals surface area contributed by atoms with Crippen molar-refractivity contribution in [2.45, 2.75) is 13.5 Å². The fraction of sp³-hybridized carbons (Fsp3) is 0.333. The summed E-state index contributed by atoms with van der Waals surface area (Å²) in [5, 5.41) is 12.9. The van der Waals surface area contributed by atoms with Gasteiger partial charge in [-0.15, -0.1) is 0 Å². The van der Waals surface area contributed by atoms with E-state index < -0.39 is 0 Å². The molecular weight excluding hydrogens is 182 g/mol. The summed E-state index contributed by atoms with van der Waals surface area (Å²) in [4.78, 5) is 11.7. The topological polar surface area (TPSA) is 59.5 Å². The molecule has 5 heteroatoms. The molecule has 0 aliphatic rings. The van der Waals surface area contributed by atoms with Gasteiger partial charge in [0.1, 0.15) is 5.52 Å². The number of fused-ring (bicyclic) bond motifs is 1. The van der Waals surface area contributed by atoms with Gasteiger partial charge in [-0.2, -0.15) is 5.10 Å². The maximum Gasteiger partial charge on any atom is 0.276 e. The SMILES string of the molecule is Cc1cc2c(=O)n(CCO)ccn2n1. The third-order valence-electron chi connectivity index (χ3n) is 2.07. The lowest BCUT2D eigenvalue weighted by molar-refractivity contribution is 0.274. The van der Waals surface area contributed by atoms with Crippen LogP contribution in [0, 0.1) is 6.92 Å². The van der Waals surface area contributed by atoms with Gasteiger partial charge in [0.15, 0.2) is 0 Å². The van der Waals surface area contributed by atoms with Crippen LogP contribution in [0.2, 0.25) is 0 Å². The number of hydrogen-bond donors (Lipinski definition) is 1. The van der Waals surface area contributed by atoms with Gasteiger partial charge in [-0.1, -0.05) is 0 Å². The first-order valence-electron chi connectivity index (χ1n) is 4.38. The van der Waals surface area contributed by atoms with Crippen LogP contribution in [-0.4, -0.2) is 25.9 Å². The highest BCUT2D eigenvalue weighted by Gasteiger charge is 2.04. The molecule has 14 heavy (non-hydrogen) atoms. The Balaban J connectivity index is 2.68. The lowest BCUT2D eigenvalue weighted by atomic mass is 10.4. The van der Waals surface area contributed by atoms with E-state index in [1.807, 2.05) is 6.92 Å². The average molecular weight is 193 g/mol. The molecule has 0 aliphatic carbocycles. The van der Waals surface area contributed by atoms with E-state index >= 15 is 0 Å². The number of aliphatic hydroxyl groups is 1. The summed E-state index contributed by atoms with van der Waals surface area (Å²) in [7, 11) is 0. The van der Waals surface area contributed by atoms with Crippen molar-refractivity contribution in [3.8, 4) is 0 Å². The highest BCUT2D eigenvalue weighted by atomic mass is 16.3. The molecule has 2 rings (SSSR count). The summed E-state index contributed by atoms with van der Waals surface area (Å²) < 4.78 is 3.02. The lowest BCUT2D eigenvalue weighted by Crippen LogP contribution is -2.22. The second-order valence-corrected chi connectivity index (χ2v) is 3.14. The fourth-order valence-electron chi connectivity index (χ4n) is 1.43. The molecule has 0 fully saturated rings. The zero-order chi connectivity index (χ0) is 10.1. The van der Waals surface area contributed by atoms with Gasteiger partial charge in [0.25, 0.3) is 5.56 Å². The largest absolute Gasteiger partial charge is 0.395 e.